The van der Waals surface area contributed by atoms with Crippen molar-refractivity contribution >= 4 is 17.3 Å². The molecule has 1 aromatic rings. The molecule has 1 unspecified atom stereocenters. The smallest absolute Gasteiger partial charge is 0.142 e. The molecule has 1 aromatic carbocycles. The predicted molar refractivity (Wildman–Crippen MR) is 76.6 cm³/mol. The van der Waals surface area contributed by atoms with Gasteiger partial charge in [-0.1, -0.05) is 25.4 Å². The van der Waals surface area contributed by atoms with Crippen molar-refractivity contribution in [3.8, 4) is 5.75 Å². The van der Waals surface area contributed by atoms with Gasteiger partial charge >= 0.3 is 0 Å². The van der Waals surface area contributed by atoms with Crippen LogP contribution in [0, 0.1) is 5.41 Å². The summed E-state index contributed by atoms with van der Waals surface area (Å²) in [5.41, 5.74) is 0.740. The van der Waals surface area contributed by atoms with Crippen LogP contribution in [0.1, 0.15) is 27.2 Å². The second kappa shape index (κ2) is 6.86. The molecular formula is C14H22ClNO2. The van der Waals surface area contributed by atoms with E-state index in [2.05, 4.69) is 12.2 Å². The molecule has 0 heterocycles. The van der Waals surface area contributed by atoms with E-state index in [0.717, 1.165) is 17.9 Å². The van der Waals surface area contributed by atoms with E-state index >= 15 is 0 Å². The highest BCUT2D eigenvalue weighted by molar-refractivity contribution is 6.30. The van der Waals surface area contributed by atoms with Gasteiger partial charge in [0.2, 0.25) is 0 Å². The number of hydrogen-bond donors (Lipinski definition) is 2. The van der Waals surface area contributed by atoms with Gasteiger partial charge in [-0.15, -0.1) is 0 Å². The van der Waals surface area contributed by atoms with E-state index in [9.17, 15) is 5.11 Å². The number of hydrogen-bond acceptors (Lipinski definition) is 3. The van der Waals surface area contributed by atoms with Crippen molar-refractivity contribution in [1.82, 2.24) is 0 Å². The summed E-state index contributed by atoms with van der Waals surface area (Å²) in [7, 11) is 0. The molecule has 0 aliphatic rings. The van der Waals surface area contributed by atoms with E-state index in [1.54, 1.807) is 0 Å². The van der Waals surface area contributed by atoms with Gasteiger partial charge in [0, 0.05) is 17.0 Å². The van der Waals surface area contributed by atoms with Crippen LogP contribution in [-0.4, -0.2) is 24.9 Å². The summed E-state index contributed by atoms with van der Waals surface area (Å²) < 4.78 is 5.54. The van der Waals surface area contributed by atoms with E-state index < -0.39 is 0 Å². The minimum atomic E-state index is -0.133. The van der Waals surface area contributed by atoms with Crippen LogP contribution in [0.3, 0.4) is 0 Å². The minimum absolute atomic E-state index is 0.133. The Balaban J connectivity index is 2.79. The van der Waals surface area contributed by atoms with Crippen LogP contribution < -0.4 is 10.1 Å². The number of benzene rings is 1. The first-order valence-corrected chi connectivity index (χ1v) is 6.69. The summed E-state index contributed by atoms with van der Waals surface area (Å²) in [6.07, 6.45) is 0.904. The molecule has 0 aromatic heterocycles. The second-order valence-corrected chi connectivity index (χ2v) is 5.19. The Morgan fingerprint density at radius 1 is 1.39 bits per heavy atom. The predicted octanol–water partition coefficient (Wildman–Crippen LogP) is 3.56. The number of anilines is 1. The molecule has 0 aliphatic heterocycles. The highest BCUT2D eigenvalue weighted by Crippen LogP contribution is 2.30. The summed E-state index contributed by atoms with van der Waals surface area (Å²) in [6, 6.07) is 5.51. The average molecular weight is 272 g/mol. The zero-order valence-electron chi connectivity index (χ0n) is 11.3. The molecule has 0 bridgehead atoms. The molecule has 0 aliphatic carbocycles. The summed E-state index contributed by atoms with van der Waals surface area (Å²) in [5.74, 6) is 0.790. The molecule has 3 nitrogen and oxygen atoms in total. The van der Waals surface area contributed by atoms with Crippen LogP contribution in [-0.2, 0) is 0 Å². The minimum Gasteiger partial charge on any atom is -0.492 e. The Hall–Kier alpha value is -0.930. The van der Waals surface area contributed by atoms with Gasteiger partial charge in [-0.05, 0) is 31.5 Å². The zero-order chi connectivity index (χ0) is 13.6. The fourth-order valence-corrected chi connectivity index (χ4v) is 1.70. The molecule has 4 heteroatoms. The molecule has 102 valence electrons. The first-order chi connectivity index (χ1) is 8.54. The van der Waals surface area contributed by atoms with E-state index in [1.165, 1.54) is 0 Å². The first-order valence-electron chi connectivity index (χ1n) is 6.31. The summed E-state index contributed by atoms with van der Waals surface area (Å²) in [6.45, 7) is 7.51. The van der Waals surface area contributed by atoms with Crippen LogP contribution >= 0.6 is 11.6 Å². The van der Waals surface area contributed by atoms with Gasteiger partial charge < -0.3 is 15.2 Å². The SMILES string of the molecule is CCOc1ccc(Cl)cc1NCC(C)(CC)CO. The van der Waals surface area contributed by atoms with Crippen LogP contribution in [0.4, 0.5) is 5.69 Å². The molecule has 2 N–H and O–H groups in total. The van der Waals surface area contributed by atoms with Crippen molar-refractivity contribution in [3.63, 3.8) is 0 Å². The maximum absolute atomic E-state index is 9.39. The lowest BCUT2D eigenvalue weighted by Crippen LogP contribution is -2.29. The molecular weight excluding hydrogens is 250 g/mol. The van der Waals surface area contributed by atoms with E-state index in [4.69, 9.17) is 16.3 Å². The van der Waals surface area contributed by atoms with Crippen molar-refractivity contribution < 1.29 is 9.84 Å². The Labute approximate surface area is 114 Å². The van der Waals surface area contributed by atoms with Gasteiger partial charge in [-0.25, -0.2) is 0 Å². The number of ether oxygens (including phenoxy) is 1. The van der Waals surface area contributed by atoms with Gasteiger partial charge in [0.1, 0.15) is 5.75 Å². The monoisotopic (exact) mass is 271 g/mol. The second-order valence-electron chi connectivity index (χ2n) is 4.75. The van der Waals surface area contributed by atoms with Gasteiger partial charge in [0.05, 0.1) is 18.9 Å². The van der Waals surface area contributed by atoms with E-state index in [0.29, 0.717) is 18.2 Å². The van der Waals surface area contributed by atoms with Gasteiger partial charge in [0.25, 0.3) is 0 Å². The van der Waals surface area contributed by atoms with Gasteiger partial charge in [0.15, 0.2) is 0 Å². The quantitative estimate of drug-likeness (QED) is 0.797. The van der Waals surface area contributed by atoms with Crippen LogP contribution in [0.25, 0.3) is 0 Å². The Morgan fingerprint density at radius 2 is 2.11 bits per heavy atom. The third-order valence-electron chi connectivity index (χ3n) is 3.18. The number of halogens is 1. The fraction of sp³-hybridized carbons (Fsp3) is 0.571. The Morgan fingerprint density at radius 3 is 2.67 bits per heavy atom. The largest absolute Gasteiger partial charge is 0.492 e. The van der Waals surface area contributed by atoms with Crippen LogP contribution in [0.2, 0.25) is 5.02 Å². The Bertz CT molecular complexity index is 378. The number of nitrogens with one attached hydrogen (secondary N) is 1. The topological polar surface area (TPSA) is 41.5 Å². The summed E-state index contributed by atoms with van der Waals surface area (Å²) in [4.78, 5) is 0. The van der Waals surface area contributed by atoms with Crippen molar-refractivity contribution in [1.29, 1.82) is 0 Å². The van der Waals surface area contributed by atoms with Crippen molar-refractivity contribution in [2.24, 2.45) is 5.41 Å². The Kier molecular flexibility index (Phi) is 5.76. The van der Waals surface area contributed by atoms with Crippen LogP contribution in [0.15, 0.2) is 18.2 Å². The molecule has 0 fully saturated rings. The zero-order valence-corrected chi connectivity index (χ0v) is 12.0. The number of aliphatic hydroxyl groups is 1. The van der Waals surface area contributed by atoms with Gasteiger partial charge in [-0.2, -0.15) is 0 Å². The van der Waals surface area contributed by atoms with Crippen molar-refractivity contribution in [2.75, 3.05) is 25.1 Å². The molecule has 1 atom stereocenters. The molecule has 18 heavy (non-hydrogen) atoms. The first kappa shape index (κ1) is 15.1. The highest BCUT2D eigenvalue weighted by Gasteiger charge is 2.21. The third kappa shape index (κ3) is 4.07. The standard InChI is InChI=1S/C14H22ClNO2/c1-4-14(3,10-17)9-16-12-8-11(15)6-7-13(12)18-5-2/h6-8,16-17H,4-5,9-10H2,1-3H3. The average Bonchev–Trinajstić information content (AvgIpc) is 2.39. The van der Waals surface area contributed by atoms with Gasteiger partial charge in [-0.3, -0.25) is 0 Å². The third-order valence-corrected chi connectivity index (χ3v) is 3.42. The highest BCUT2D eigenvalue weighted by atomic mass is 35.5. The molecule has 1 rings (SSSR count). The molecule has 0 amide bonds. The summed E-state index contributed by atoms with van der Waals surface area (Å²) in [5, 5.41) is 13.4. The number of rotatable bonds is 7. The molecule has 0 saturated carbocycles. The molecule has 0 saturated heterocycles. The lowest BCUT2D eigenvalue weighted by molar-refractivity contribution is 0.149. The lowest BCUT2D eigenvalue weighted by atomic mass is 9.88. The van der Waals surface area contributed by atoms with Crippen molar-refractivity contribution in [2.45, 2.75) is 27.2 Å². The fourth-order valence-electron chi connectivity index (χ4n) is 1.52. The molecule has 0 spiro atoms. The van der Waals surface area contributed by atoms with Crippen LogP contribution in [0.5, 0.6) is 5.75 Å². The normalized spacial score (nSPS) is 14.1. The maximum atomic E-state index is 9.39. The molecule has 0 radical (unpaired) electrons. The lowest BCUT2D eigenvalue weighted by Gasteiger charge is -2.27. The van der Waals surface area contributed by atoms with E-state index in [-0.39, 0.29) is 12.0 Å². The summed E-state index contributed by atoms with van der Waals surface area (Å²) >= 11 is 5.99. The van der Waals surface area contributed by atoms with E-state index in [1.807, 2.05) is 32.0 Å². The van der Waals surface area contributed by atoms with Crippen molar-refractivity contribution in [3.05, 3.63) is 23.2 Å². The number of aliphatic hydroxyl groups excluding tert-OH is 1. The maximum Gasteiger partial charge on any atom is 0.142 e.